The van der Waals surface area contributed by atoms with Crippen molar-refractivity contribution < 1.29 is 0 Å². The highest BCUT2D eigenvalue weighted by Gasteiger charge is 2.01. The van der Waals surface area contributed by atoms with Gasteiger partial charge in [0, 0.05) is 18.7 Å². The molecule has 0 atom stereocenters. The number of aromatic nitrogens is 1. The van der Waals surface area contributed by atoms with Crippen LogP contribution in [0.3, 0.4) is 0 Å². The van der Waals surface area contributed by atoms with Crippen molar-refractivity contribution in [2.24, 2.45) is 0 Å². The van der Waals surface area contributed by atoms with E-state index < -0.39 is 0 Å². The Morgan fingerprint density at radius 2 is 2.12 bits per heavy atom. The normalized spacial score (nSPS) is 11.1. The van der Waals surface area contributed by atoms with Crippen LogP contribution in [0, 0.1) is 0 Å². The van der Waals surface area contributed by atoms with Gasteiger partial charge in [0.1, 0.15) is 0 Å². The number of hydrogen-bond acceptors (Lipinski definition) is 4. The second kappa shape index (κ2) is 6.23. The van der Waals surface area contributed by atoms with Crippen LogP contribution in [0.15, 0.2) is 24.3 Å². The first kappa shape index (κ1) is 11.9. The Hall–Kier alpha value is -0.580. The second-order valence-electron chi connectivity index (χ2n) is 3.65. The molecule has 86 valence electrons. The van der Waals surface area contributed by atoms with Gasteiger partial charge in [-0.1, -0.05) is 12.1 Å². The third kappa shape index (κ3) is 3.20. The van der Waals surface area contributed by atoms with Gasteiger partial charge in [0.25, 0.3) is 0 Å². The van der Waals surface area contributed by atoms with Gasteiger partial charge in [0.15, 0.2) is 0 Å². The van der Waals surface area contributed by atoms with E-state index in [9.17, 15) is 0 Å². The molecule has 0 aliphatic rings. The lowest BCUT2D eigenvalue weighted by Crippen LogP contribution is -2.18. The van der Waals surface area contributed by atoms with Crippen LogP contribution in [0.4, 0.5) is 0 Å². The summed E-state index contributed by atoms with van der Waals surface area (Å²) in [6.45, 7) is 2.04. The lowest BCUT2D eigenvalue weighted by atomic mass is 10.3. The van der Waals surface area contributed by atoms with E-state index in [2.05, 4.69) is 41.1 Å². The molecule has 0 aliphatic heterocycles. The number of thiazole rings is 1. The van der Waals surface area contributed by atoms with Crippen LogP contribution in [0.1, 0.15) is 11.4 Å². The van der Waals surface area contributed by atoms with Crippen molar-refractivity contribution in [3.8, 4) is 0 Å². The molecule has 4 heteroatoms. The van der Waals surface area contributed by atoms with Crippen LogP contribution >= 0.6 is 24.0 Å². The summed E-state index contributed by atoms with van der Waals surface area (Å²) in [5, 5.41) is 4.58. The van der Waals surface area contributed by atoms with E-state index >= 15 is 0 Å². The monoisotopic (exact) mass is 252 g/mol. The van der Waals surface area contributed by atoms with E-state index in [1.54, 1.807) is 0 Å². The highest BCUT2D eigenvalue weighted by atomic mass is 32.1. The molecule has 0 radical (unpaired) electrons. The fourth-order valence-electron chi connectivity index (χ4n) is 1.60. The standard InChI is InChI=1S/C12H16N2S2/c15-9-8-13-7-3-6-12-14-10-4-1-2-5-11(10)16-12/h1-2,4-5,13,15H,3,6-9H2. The number of rotatable bonds is 6. The van der Waals surface area contributed by atoms with Gasteiger partial charge in [-0.05, 0) is 25.1 Å². The lowest BCUT2D eigenvalue weighted by molar-refractivity contribution is 0.675. The Bertz CT molecular complexity index is 406. The molecule has 0 amide bonds. The molecule has 0 saturated heterocycles. The molecule has 0 bridgehead atoms. The van der Waals surface area contributed by atoms with E-state index in [1.165, 1.54) is 9.71 Å². The Labute approximate surface area is 106 Å². The number of nitrogens with zero attached hydrogens (tertiary/aromatic N) is 1. The number of aryl methyl sites for hydroxylation is 1. The molecule has 1 aromatic carbocycles. The molecule has 0 unspecified atom stereocenters. The number of thiol groups is 1. The van der Waals surface area contributed by atoms with Crippen molar-refractivity contribution in [2.75, 3.05) is 18.8 Å². The van der Waals surface area contributed by atoms with Gasteiger partial charge in [0.05, 0.1) is 15.2 Å². The highest BCUT2D eigenvalue weighted by Crippen LogP contribution is 2.22. The summed E-state index contributed by atoms with van der Waals surface area (Å²) in [5.74, 6) is 0.904. The zero-order valence-electron chi connectivity index (χ0n) is 9.15. The van der Waals surface area contributed by atoms with Crippen LogP contribution in [-0.4, -0.2) is 23.8 Å². The Morgan fingerprint density at radius 3 is 2.94 bits per heavy atom. The molecule has 16 heavy (non-hydrogen) atoms. The topological polar surface area (TPSA) is 24.9 Å². The SMILES string of the molecule is SCCNCCCc1nc2ccccc2s1. The first-order chi connectivity index (χ1) is 7.90. The molecule has 0 aliphatic carbocycles. The number of benzene rings is 1. The molecule has 2 rings (SSSR count). The van der Waals surface area contributed by atoms with Crippen LogP contribution in [0.25, 0.3) is 10.2 Å². The summed E-state index contributed by atoms with van der Waals surface area (Å²) < 4.78 is 1.29. The van der Waals surface area contributed by atoms with Crippen LogP contribution in [0.5, 0.6) is 0 Å². The fraction of sp³-hybridized carbons (Fsp3) is 0.417. The van der Waals surface area contributed by atoms with Gasteiger partial charge in [-0.2, -0.15) is 12.6 Å². The van der Waals surface area contributed by atoms with Gasteiger partial charge < -0.3 is 5.32 Å². The zero-order chi connectivity index (χ0) is 11.2. The summed E-state index contributed by atoms with van der Waals surface area (Å²) in [6, 6.07) is 8.32. The third-order valence-electron chi connectivity index (χ3n) is 2.37. The van der Waals surface area contributed by atoms with Crippen LogP contribution in [0.2, 0.25) is 0 Å². The molecule has 0 fully saturated rings. The Morgan fingerprint density at radius 1 is 1.25 bits per heavy atom. The Balaban J connectivity index is 1.85. The predicted molar refractivity (Wildman–Crippen MR) is 74.7 cm³/mol. The summed E-state index contributed by atoms with van der Waals surface area (Å²) in [5.41, 5.74) is 1.13. The maximum atomic E-state index is 4.61. The van der Waals surface area contributed by atoms with E-state index in [4.69, 9.17) is 0 Å². The van der Waals surface area contributed by atoms with Gasteiger partial charge in [-0.25, -0.2) is 4.98 Å². The van der Waals surface area contributed by atoms with E-state index in [-0.39, 0.29) is 0 Å². The zero-order valence-corrected chi connectivity index (χ0v) is 10.9. The minimum atomic E-state index is 0.904. The minimum absolute atomic E-state index is 0.904. The van der Waals surface area contributed by atoms with Gasteiger partial charge in [0.2, 0.25) is 0 Å². The summed E-state index contributed by atoms with van der Waals surface area (Å²) >= 11 is 5.96. The fourth-order valence-corrected chi connectivity index (χ4v) is 2.76. The molecule has 0 spiro atoms. The second-order valence-corrected chi connectivity index (χ2v) is 5.21. The lowest BCUT2D eigenvalue weighted by Gasteiger charge is -1.99. The summed E-state index contributed by atoms with van der Waals surface area (Å²) in [7, 11) is 0. The largest absolute Gasteiger partial charge is 0.316 e. The average molecular weight is 252 g/mol. The molecule has 0 saturated carbocycles. The maximum Gasteiger partial charge on any atom is 0.0939 e. The average Bonchev–Trinajstić information content (AvgIpc) is 2.71. The van der Waals surface area contributed by atoms with E-state index in [1.807, 2.05) is 17.4 Å². The maximum absolute atomic E-state index is 4.61. The van der Waals surface area contributed by atoms with Crippen molar-refractivity contribution >= 4 is 34.2 Å². The molecule has 1 aromatic heterocycles. The quantitative estimate of drug-likeness (QED) is 0.610. The molecule has 2 aromatic rings. The number of para-hydroxylation sites is 1. The first-order valence-electron chi connectivity index (χ1n) is 5.56. The summed E-state index contributed by atoms with van der Waals surface area (Å²) in [4.78, 5) is 4.61. The van der Waals surface area contributed by atoms with Crippen molar-refractivity contribution in [3.63, 3.8) is 0 Å². The highest BCUT2D eigenvalue weighted by molar-refractivity contribution is 7.80. The van der Waals surface area contributed by atoms with Crippen molar-refractivity contribution in [2.45, 2.75) is 12.8 Å². The molecular formula is C12H16N2S2. The minimum Gasteiger partial charge on any atom is -0.316 e. The third-order valence-corrected chi connectivity index (χ3v) is 3.69. The smallest absolute Gasteiger partial charge is 0.0939 e. The van der Waals surface area contributed by atoms with Gasteiger partial charge >= 0.3 is 0 Å². The van der Waals surface area contributed by atoms with Crippen molar-refractivity contribution in [1.82, 2.24) is 10.3 Å². The predicted octanol–water partition coefficient (Wildman–Crippen LogP) is 2.75. The van der Waals surface area contributed by atoms with E-state index in [0.717, 1.165) is 37.2 Å². The molecule has 2 nitrogen and oxygen atoms in total. The molecule has 1 heterocycles. The van der Waals surface area contributed by atoms with Gasteiger partial charge in [-0.15, -0.1) is 11.3 Å². The Kier molecular flexibility index (Phi) is 4.63. The molecular weight excluding hydrogens is 236 g/mol. The van der Waals surface area contributed by atoms with E-state index in [0.29, 0.717) is 0 Å². The first-order valence-corrected chi connectivity index (χ1v) is 7.01. The number of fused-ring (bicyclic) bond motifs is 1. The number of hydrogen-bond donors (Lipinski definition) is 2. The van der Waals surface area contributed by atoms with Crippen LogP contribution in [-0.2, 0) is 6.42 Å². The van der Waals surface area contributed by atoms with Crippen molar-refractivity contribution in [1.29, 1.82) is 0 Å². The number of nitrogens with one attached hydrogen (secondary N) is 1. The van der Waals surface area contributed by atoms with Crippen LogP contribution < -0.4 is 5.32 Å². The van der Waals surface area contributed by atoms with Gasteiger partial charge in [-0.3, -0.25) is 0 Å². The van der Waals surface area contributed by atoms with Crippen molar-refractivity contribution in [3.05, 3.63) is 29.3 Å². The molecule has 1 N–H and O–H groups in total. The summed E-state index contributed by atoms with van der Waals surface area (Å²) in [6.07, 6.45) is 2.21.